The number of aliphatic carboxylic acids is 1. The fourth-order valence-corrected chi connectivity index (χ4v) is 1.98. The number of hydrogen-bond donors (Lipinski definition) is 2. The summed E-state index contributed by atoms with van der Waals surface area (Å²) < 4.78 is 0.706. The molecule has 1 aromatic carbocycles. The van der Waals surface area contributed by atoms with Crippen molar-refractivity contribution in [2.24, 2.45) is 5.41 Å². The summed E-state index contributed by atoms with van der Waals surface area (Å²) in [6, 6.07) is 6.76. The smallest absolute Gasteiger partial charge is 0.319 e. The summed E-state index contributed by atoms with van der Waals surface area (Å²) in [5, 5.41) is 20.4. The Bertz CT molecular complexity index is 573. The molecule has 2 rings (SSSR count). The second-order valence-corrected chi connectivity index (χ2v) is 5.06. The molecule has 0 heterocycles. The van der Waals surface area contributed by atoms with Crippen molar-refractivity contribution in [3.8, 4) is 6.07 Å². The fourth-order valence-electron chi connectivity index (χ4n) is 1.62. The van der Waals surface area contributed by atoms with Crippen LogP contribution in [0.5, 0.6) is 0 Å². The van der Waals surface area contributed by atoms with Crippen molar-refractivity contribution in [2.75, 3.05) is 5.32 Å². The number of nitriles is 1. The number of amides is 1. The normalized spacial score (nSPS) is 15.6. The summed E-state index contributed by atoms with van der Waals surface area (Å²) in [5.74, 6) is -1.68. The molecule has 1 amide bonds. The first-order valence-electron chi connectivity index (χ1n) is 5.24. The molecule has 1 aliphatic carbocycles. The summed E-state index contributed by atoms with van der Waals surface area (Å²) in [6.45, 7) is 0. The lowest BCUT2D eigenvalue weighted by atomic mass is 10.1. The van der Waals surface area contributed by atoms with Crippen LogP contribution in [0.15, 0.2) is 22.7 Å². The zero-order valence-electron chi connectivity index (χ0n) is 9.24. The van der Waals surface area contributed by atoms with Crippen molar-refractivity contribution in [1.29, 1.82) is 5.26 Å². The lowest BCUT2D eigenvalue weighted by Gasteiger charge is -2.12. The number of nitrogens with zero attached hydrogens (tertiary/aromatic N) is 1. The van der Waals surface area contributed by atoms with E-state index in [1.54, 1.807) is 18.2 Å². The third-order valence-electron chi connectivity index (χ3n) is 2.94. The topological polar surface area (TPSA) is 90.2 Å². The molecule has 18 heavy (non-hydrogen) atoms. The summed E-state index contributed by atoms with van der Waals surface area (Å²) >= 11 is 3.23. The molecule has 0 spiro atoms. The quantitative estimate of drug-likeness (QED) is 0.837. The molecular formula is C12H9BrN2O3. The molecule has 1 fully saturated rings. The van der Waals surface area contributed by atoms with Gasteiger partial charge in [-0.2, -0.15) is 5.26 Å². The summed E-state index contributed by atoms with van der Waals surface area (Å²) in [5.41, 5.74) is -0.688. The molecule has 0 saturated heterocycles. The second kappa shape index (κ2) is 4.42. The van der Waals surface area contributed by atoms with Crippen LogP contribution < -0.4 is 5.32 Å². The standard InChI is InChI=1S/C12H9BrN2O3/c13-8-2-1-7(6-14)9(5-8)15-10(16)12(3-4-12)11(17)18/h1-2,5H,3-4H2,(H,15,16)(H,17,18). The number of hydrogen-bond acceptors (Lipinski definition) is 3. The van der Waals surface area contributed by atoms with Crippen LogP contribution in [-0.4, -0.2) is 17.0 Å². The monoisotopic (exact) mass is 308 g/mol. The van der Waals surface area contributed by atoms with Gasteiger partial charge in [-0.05, 0) is 31.0 Å². The molecule has 0 bridgehead atoms. The van der Waals surface area contributed by atoms with Gasteiger partial charge in [-0.3, -0.25) is 9.59 Å². The molecule has 0 aliphatic heterocycles. The number of rotatable bonds is 3. The molecule has 5 nitrogen and oxygen atoms in total. The van der Waals surface area contributed by atoms with Gasteiger partial charge in [-0.25, -0.2) is 0 Å². The predicted molar refractivity (Wildman–Crippen MR) is 66.8 cm³/mol. The first-order valence-corrected chi connectivity index (χ1v) is 6.03. The first kappa shape index (κ1) is 12.6. The van der Waals surface area contributed by atoms with Crippen molar-refractivity contribution in [2.45, 2.75) is 12.8 Å². The van der Waals surface area contributed by atoms with E-state index in [-0.39, 0.29) is 0 Å². The molecule has 0 atom stereocenters. The molecule has 1 saturated carbocycles. The first-order chi connectivity index (χ1) is 8.49. The molecule has 0 aromatic heterocycles. The van der Waals surface area contributed by atoms with E-state index >= 15 is 0 Å². The van der Waals surface area contributed by atoms with Crippen molar-refractivity contribution in [1.82, 2.24) is 0 Å². The minimum atomic E-state index is -1.31. The molecule has 2 N–H and O–H groups in total. The fraction of sp³-hybridized carbons (Fsp3) is 0.250. The van der Waals surface area contributed by atoms with Crippen LogP contribution in [-0.2, 0) is 9.59 Å². The highest BCUT2D eigenvalue weighted by molar-refractivity contribution is 9.10. The van der Waals surface area contributed by atoms with Crippen LogP contribution in [0.2, 0.25) is 0 Å². The Morgan fingerprint density at radius 1 is 1.44 bits per heavy atom. The van der Waals surface area contributed by atoms with E-state index in [4.69, 9.17) is 10.4 Å². The van der Waals surface area contributed by atoms with E-state index in [0.717, 1.165) is 0 Å². The maximum absolute atomic E-state index is 11.9. The Balaban J connectivity index is 2.25. The maximum Gasteiger partial charge on any atom is 0.319 e. The van der Waals surface area contributed by atoms with Gasteiger partial charge in [-0.1, -0.05) is 15.9 Å². The van der Waals surface area contributed by atoms with Crippen molar-refractivity contribution < 1.29 is 14.7 Å². The molecule has 6 heteroatoms. The Labute approximate surface area is 112 Å². The lowest BCUT2D eigenvalue weighted by Crippen LogP contribution is -2.31. The minimum absolute atomic E-state index is 0.299. The number of anilines is 1. The molecular weight excluding hydrogens is 300 g/mol. The van der Waals surface area contributed by atoms with Gasteiger partial charge in [-0.15, -0.1) is 0 Å². The van der Waals surface area contributed by atoms with Crippen LogP contribution in [0.4, 0.5) is 5.69 Å². The highest BCUT2D eigenvalue weighted by Crippen LogP contribution is 2.46. The Morgan fingerprint density at radius 3 is 2.61 bits per heavy atom. The number of halogens is 1. The van der Waals surface area contributed by atoms with E-state index in [0.29, 0.717) is 28.6 Å². The van der Waals surface area contributed by atoms with Crippen molar-refractivity contribution in [3.05, 3.63) is 28.2 Å². The number of carbonyl (C=O) groups is 2. The van der Waals surface area contributed by atoms with Gasteiger partial charge >= 0.3 is 5.97 Å². The SMILES string of the molecule is N#Cc1ccc(Br)cc1NC(=O)C1(C(=O)O)CC1. The minimum Gasteiger partial charge on any atom is -0.480 e. The highest BCUT2D eigenvalue weighted by atomic mass is 79.9. The zero-order valence-corrected chi connectivity index (χ0v) is 10.8. The highest BCUT2D eigenvalue weighted by Gasteiger charge is 2.57. The van der Waals surface area contributed by atoms with Gasteiger partial charge in [0.2, 0.25) is 5.91 Å². The van der Waals surface area contributed by atoms with Crippen LogP contribution in [0.25, 0.3) is 0 Å². The molecule has 0 radical (unpaired) electrons. The number of nitrogens with one attached hydrogen (secondary N) is 1. The van der Waals surface area contributed by atoms with Gasteiger partial charge < -0.3 is 10.4 Å². The van der Waals surface area contributed by atoms with E-state index in [2.05, 4.69) is 21.2 Å². The van der Waals surface area contributed by atoms with Crippen LogP contribution in [0, 0.1) is 16.7 Å². The molecule has 1 aliphatic rings. The van der Waals surface area contributed by atoms with E-state index < -0.39 is 17.3 Å². The van der Waals surface area contributed by atoms with Crippen LogP contribution >= 0.6 is 15.9 Å². The number of carbonyl (C=O) groups excluding carboxylic acids is 1. The average molecular weight is 309 g/mol. The molecule has 1 aromatic rings. The third-order valence-corrected chi connectivity index (χ3v) is 3.44. The zero-order chi connectivity index (χ0) is 13.3. The number of carboxylic acid groups (broad SMARTS) is 1. The molecule has 92 valence electrons. The van der Waals surface area contributed by atoms with Crippen LogP contribution in [0.1, 0.15) is 18.4 Å². The Kier molecular flexibility index (Phi) is 3.09. The summed E-state index contributed by atoms with van der Waals surface area (Å²) in [4.78, 5) is 22.9. The van der Waals surface area contributed by atoms with Gasteiger partial charge in [0.15, 0.2) is 0 Å². The van der Waals surface area contributed by atoms with Gasteiger partial charge in [0, 0.05) is 4.47 Å². The van der Waals surface area contributed by atoms with Crippen molar-refractivity contribution >= 4 is 33.5 Å². The van der Waals surface area contributed by atoms with Crippen LogP contribution in [0.3, 0.4) is 0 Å². The molecule has 0 unspecified atom stereocenters. The average Bonchev–Trinajstić information content (AvgIpc) is 3.10. The predicted octanol–water partition coefficient (Wildman–Crippen LogP) is 2.12. The summed E-state index contributed by atoms with van der Waals surface area (Å²) in [6.07, 6.45) is 0.675. The van der Waals surface area contributed by atoms with Gasteiger partial charge in [0.05, 0.1) is 11.3 Å². The third kappa shape index (κ3) is 2.09. The van der Waals surface area contributed by atoms with Crippen molar-refractivity contribution in [3.63, 3.8) is 0 Å². The van der Waals surface area contributed by atoms with Gasteiger partial charge in [0.25, 0.3) is 0 Å². The Morgan fingerprint density at radius 2 is 2.11 bits per heavy atom. The van der Waals surface area contributed by atoms with E-state index in [1.165, 1.54) is 0 Å². The number of carboxylic acids is 1. The Hall–Kier alpha value is -1.87. The van der Waals surface area contributed by atoms with Gasteiger partial charge in [0.1, 0.15) is 11.5 Å². The largest absolute Gasteiger partial charge is 0.480 e. The summed E-state index contributed by atoms with van der Waals surface area (Å²) in [7, 11) is 0. The van der Waals surface area contributed by atoms with E-state index in [1.807, 2.05) is 6.07 Å². The lowest BCUT2D eigenvalue weighted by molar-refractivity contribution is -0.147. The number of benzene rings is 1. The second-order valence-electron chi connectivity index (χ2n) is 4.14. The maximum atomic E-state index is 11.9. The van der Waals surface area contributed by atoms with E-state index in [9.17, 15) is 9.59 Å².